The Kier molecular flexibility index (Phi) is 2.47. The third kappa shape index (κ3) is 1.83. The molecular weight excluding hydrogens is 264 g/mol. The number of halogens is 1. The number of rotatable bonds is 1. The summed E-state index contributed by atoms with van der Waals surface area (Å²) in [6.45, 7) is 3.92. The van der Waals surface area contributed by atoms with Gasteiger partial charge < -0.3 is 10.5 Å². The predicted molar refractivity (Wildman–Crippen MR) is 72.8 cm³/mol. The van der Waals surface area contributed by atoms with Gasteiger partial charge in [0.05, 0.1) is 6.20 Å². The second kappa shape index (κ2) is 3.84. The number of pyridine rings is 1. The van der Waals surface area contributed by atoms with Crippen molar-refractivity contribution in [1.82, 2.24) is 4.98 Å². The minimum Gasteiger partial charge on any atom is -0.481 e. The van der Waals surface area contributed by atoms with Gasteiger partial charge in [0.2, 0.25) is 5.91 Å². The van der Waals surface area contributed by atoms with Crippen LogP contribution in [0, 0.1) is 0 Å². The smallest absolute Gasteiger partial charge is 0.244 e. The Labute approximate surface area is 115 Å². The number of hydrogen-bond donors (Lipinski definition) is 1. The lowest BCUT2D eigenvalue weighted by molar-refractivity contribution is -0.114. The van der Waals surface area contributed by atoms with Gasteiger partial charge in [-0.3, -0.25) is 4.79 Å². The first-order valence-corrected chi connectivity index (χ1v) is 6.35. The number of carbonyl (C=O) groups excluding carboxylic acids is 1. The number of amides is 1. The average Bonchev–Trinajstić information content (AvgIpc) is 2.76. The lowest BCUT2D eigenvalue weighted by Gasteiger charge is -2.34. The van der Waals surface area contributed by atoms with Gasteiger partial charge in [0.1, 0.15) is 16.5 Å². The number of allylic oxidation sites excluding steroid dienone is 1. The van der Waals surface area contributed by atoms with Gasteiger partial charge in [-0.05, 0) is 37.1 Å². The number of hydrogen-bond acceptors (Lipinski definition) is 3. The Morgan fingerprint density at radius 3 is 2.95 bits per heavy atom. The Morgan fingerprint density at radius 1 is 1.53 bits per heavy atom. The standard InChI is InChI=1S/C14H13ClN2O2/c1-14(2)10-4-7(13(16)18)3-8(10)9-5-12(15)17-6-11(9)19-14/h4-6H,3H2,1-2H3,(H2,16,18). The first kappa shape index (κ1) is 12.2. The molecule has 0 saturated heterocycles. The van der Waals surface area contributed by atoms with Crippen LogP contribution in [0.3, 0.4) is 0 Å². The Balaban J connectivity index is 2.17. The molecule has 5 heteroatoms. The van der Waals surface area contributed by atoms with E-state index in [0.29, 0.717) is 22.9 Å². The normalized spacial score (nSPS) is 19.4. The first-order chi connectivity index (χ1) is 8.88. The van der Waals surface area contributed by atoms with Gasteiger partial charge in [-0.15, -0.1) is 0 Å². The molecular formula is C14H13ClN2O2. The van der Waals surface area contributed by atoms with Crippen LogP contribution in [0.25, 0.3) is 5.57 Å². The van der Waals surface area contributed by atoms with E-state index in [-0.39, 0.29) is 0 Å². The van der Waals surface area contributed by atoms with Gasteiger partial charge in [0.15, 0.2) is 0 Å². The maximum atomic E-state index is 11.4. The van der Waals surface area contributed by atoms with E-state index in [1.54, 1.807) is 12.3 Å². The summed E-state index contributed by atoms with van der Waals surface area (Å²) in [5.74, 6) is 0.291. The van der Waals surface area contributed by atoms with Crippen molar-refractivity contribution in [1.29, 1.82) is 0 Å². The zero-order valence-corrected chi connectivity index (χ0v) is 11.4. The fourth-order valence-corrected chi connectivity index (χ4v) is 2.76. The fraction of sp³-hybridized carbons (Fsp3) is 0.286. The minimum atomic E-state index is -0.505. The largest absolute Gasteiger partial charge is 0.481 e. The van der Waals surface area contributed by atoms with Crippen LogP contribution in [0.5, 0.6) is 5.75 Å². The fourth-order valence-electron chi connectivity index (χ4n) is 2.60. The monoisotopic (exact) mass is 276 g/mol. The molecule has 1 aliphatic heterocycles. The lowest BCUT2D eigenvalue weighted by atomic mass is 9.88. The van der Waals surface area contributed by atoms with E-state index in [1.807, 2.05) is 19.9 Å². The highest BCUT2D eigenvalue weighted by atomic mass is 35.5. The zero-order chi connectivity index (χ0) is 13.8. The van der Waals surface area contributed by atoms with E-state index in [1.165, 1.54) is 0 Å². The molecule has 0 bridgehead atoms. The van der Waals surface area contributed by atoms with Crippen molar-refractivity contribution in [3.05, 3.63) is 40.2 Å². The van der Waals surface area contributed by atoms with Gasteiger partial charge in [-0.2, -0.15) is 0 Å². The van der Waals surface area contributed by atoms with Crippen molar-refractivity contribution >= 4 is 23.1 Å². The molecule has 2 heterocycles. The molecule has 98 valence electrons. The van der Waals surface area contributed by atoms with Crippen LogP contribution >= 0.6 is 11.6 Å². The van der Waals surface area contributed by atoms with Crippen molar-refractivity contribution in [2.45, 2.75) is 25.9 Å². The second-order valence-electron chi connectivity index (χ2n) is 5.22. The second-order valence-corrected chi connectivity index (χ2v) is 5.61. The summed E-state index contributed by atoms with van der Waals surface area (Å²) in [4.78, 5) is 15.4. The summed E-state index contributed by atoms with van der Waals surface area (Å²) in [5, 5.41) is 0.404. The van der Waals surface area contributed by atoms with E-state index < -0.39 is 11.5 Å². The number of nitrogens with zero attached hydrogens (tertiary/aromatic N) is 1. The third-order valence-corrected chi connectivity index (χ3v) is 3.71. The van der Waals surface area contributed by atoms with Gasteiger partial charge in [-0.25, -0.2) is 4.98 Å². The number of nitrogens with two attached hydrogens (primary N) is 1. The highest BCUT2D eigenvalue weighted by Gasteiger charge is 2.38. The van der Waals surface area contributed by atoms with Crippen LogP contribution < -0.4 is 10.5 Å². The molecule has 19 heavy (non-hydrogen) atoms. The Morgan fingerprint density at radius 2 is 2.26 bits per heavy atom. The number of fused-ring (bicyclic) bond motifs is 2. The number of carbonyl (C=O) groups is 1. The highest BCUT2D eigenvalue weighted by Crippen LogP contribution is 2.47. The van der Waals surface area contributed by atoms with Crippen molar-refractivity contribution in [2.75, 3.05) is 0 Å². The SMILES string of the molecule is CC1(C)Oc2cnc(Cl)cc2C2=C1C=C(C(N)=O)C2. The minimum absolute atomic E-state index is 0.396. The van der Waals surface area contributed by atoms with Crippen molar-refractivity contribution < 1.29 is 9.53 Å². The predicted octanol–water partition coefficient (Wildman–Crippen LogP) is 2.47. The van der Waals surface area contributed by atoms with Crippen molar-refractivity contribution in [3.8, 4) is 5.75 Å². The zero-order valence-electron chi connectivity index (χ0n) is 10.7. The molecule has 0 radical (unpaired) electrons. The lowest BCUT2D eigenvalue weighted by Crippen LogP contribution is -2.33. The highest BCUT2D eigenvalue weighted by molar-refractivity contribution is 6.29. The van der Waals surface area contributed by atoms with Crippen LogP contribution in [0.1, 0.15) is 25.8 Å². The molecule has 1 aliphatic carbocycles. The summed E-state index contributed by atoms with van der Waals surface area (Å²) < 4.78 is 5.94. The number of primary amides is 1. The molecule has 4 nitrogen and oxygen atoms in total. The van der Waals surface area contributed by atoms with Crippen molar-refractivity contribution in [3.63, 3.8) is 0 Å². The van der Waals surface area contributed by atoms with Crippen LogP contribution in [0.15, 0.2) is 29.5 Å². The molecule has 0 fully saturated rings. The maximum absolute atomic E-state index is 11.4. The molecule has 0 aromatic carbocycles. The molecule has 0 atom stereocenters. The van der Waals surface area contributed by atoms with Crippen LogP contribution in [-0.4, -0.2) is 16.5 Å². The van der Waals surface area contributed by atoms with Crippen LogP contribution in [0.2, 0.25) is 5.15 Å². The summed E-state index contributed by atoms with van der Waals surface area (Å²) in [5.41, 5.74) is 8.39. The number of aromatic nitrogens is 1. The molecule has 1 aromatic rings. The molecule has 1 amide bonds. The van der Waals surface area contributed by atoms with Gasteiger partial charge in [0, 0.05) is 17.6 Å². The molecule has 2 N–H and O–H groups in total. The maximum Gasteiger partial charge on any atom is 0.244 e. The summed E-state index contributed by atoms with van der Waals surface area (Å²) in [6, 6.07) is 1.76. The molecule has 3 rings (SSSR count). The summed E-state index contributed by atoms with van der Waals surface area (Å²) in [7, 11) is 0. The van der Waals surface area contributed by atoms with Crippen LogP contribution in [0.4, 0.5) is 0 Å². The molecule has 0 unspecified atom stereocenters. The van der Waals surface area contributed by atoms with Crippen LogP contribution in [-0.2, 0) is 4.79 Å². The first-order valence-electron chi connectivity index (χ1n) is 5.97. The summed E-state index contributed by atoms with van der Waals surface area (Å²) in [6.07, 6.45) is 3.96. The molecule has 0 spiro atoms. The molecule has 0 saturated carbocycles. The van der Waals surface area contributed by atoms with Crippen molar-refractivity contribution in [2.24, 2.45) is 5.73 Å². The van der Waals surface area contributed by atoms with E-state index >= 15 is 0 Å². The van der Waals surface area contributed by atoms with Gasteiger partial charge in [-0.1, -0.05) is 11.6 Å². The van der Waals surface area contributed by atoms with Gasteiger partial charge in [0.25, 0.3) is 0 Å². The van der Waals surface area contributed by atoms with E-state index in [0.717, 1.165) is 16.7 Å². The topological polar surface area (TPSA) is 65.2 Å². The Hall–Kier alpha value is -1.81. The quantitative estimate of drug-likeness (QED) is 0.802. The third-order valence-electron chi connectivity index (χ3n) is 3.50. The van der Waals surface area contributed by atoms with Gasteiger partial charge >= 0.3 is 0 Å². The average molecular weight is 277 g/mol. The number of ether oxygens (including phenoxy) is 1. The van der Waals surface area contributed by atoms with E-state index in [4.69, 9.17) is 22.1 Å². The van der Waals surface area contributed by atoms with E-state index in [9.17, 15) is 4.79 Å². The molecule has 2 aliphatic rings. The molecule has 1 aromatic heterocycles. The Bertz CT molecular complexity index is 659. The van der Waals surface area contributed by atoms with E-state index in [2.05, 4.69) is 4.98 Å². The summed E-state index contributed by atoms with van der Waals surface area (Å²) >= 11 is 5.94.